The van der Waals surface area contributed by atoms with Crippen LogP contribution in [0.4, 0.5) is 15.3 Å². The number of amides is 3. The summed E-state index contributed by atoms with van der Waals surface area (Å²) in [6.07, 6.45) is -0.706. The van der Waals surface area contributed by atoms with E-state index in [-0.39, 0.29) is 12.6 Å². The molecule has 8 nitrogen and oxygen atoms in total. The Morgan fingerprint density at radius 3 is 2.71 bits per heavy atom. The first-order valence-electron chi connectivity index (χ1n) is 5.94. The van der Waals surface area contributed by atoms with E-state index in [0.717, 1.165) is 4.47 Å². The van der Waals surface area contributed by atoms with Gasteiger partial charge in [-0.3, -0.25) is 9.85 Å². The fraction of sp³-hybridized carbons (Fsp3) is 0.333. The van der Waals surface area contributed by atoms with Gasteiger partial charge in [-0.25, -0.2) is 15.0 Å². The van der Waals surface area contributed by atoms with Crippen LogP contribution in [-0.2, 0) is 16.2 Å². The molecule has 9 heteroatoms. The molecule has 3 N–H and O–H groups in total. The van der Waals surface area contributed by atoms with Crippen molar-refractivity contribution in [2.75, 3.05) is 26.5 Å². The predicted molar refractivity (Wildman–Crippen MR) is 80.3 cm³/mol. The summed E-state index contributed by atoms with van der Waals surface area (Å²) in [5.74, 6) is 0. The van der Waals surface area contributed by atoms with Crippen molar-refractivity contribution in [1.82, 2.24) is 15.9 Å². The molecule has 0 fully saturated rings. The summed E-state index contributed by atoms with van der Waals surface area (Å²) in [5.41, 5.74) is 6.03. The van der Waals surface area contributed by atoms with E-state index >= 15 is 0 Å². The van der Waals surface area contributed by atoms with Gasteiger partial charge in [0.05, 0.1) is 7.11 Å². The highest BCUT2D eigenvalue weighted by Crippen LogP contribution is 2.25. The number of methoxy groups -OCH3 is 1. The van der Waals surface area contributed by atoms with Gasteiger partial charge >= 0.3 is 12.1 Å². The summed E-state index contributed by atoms with van der Waals surface area (Å²) in [6, 6.07) is 4.96. The molecule has 0 saturated carbocycles. The van der Waals surface area contributed by atoms with Crippen LogP contribution in [0.15, 0.2) is 22.7 Å². The standard InChI is InChI=1S/C12H17BrN4O4/c1-14-17(2)11(18)15-10-6-4-5-9(13)8(10)7-21-16-12(19)20-3/h4-6,14H,7H2,1-3H3,(H,15,18)(H,16,19). The summed E-state index contributed by atoms with van der Waals surface area (Å²) < 4.78 is 5.12. The van der Waals surface area contributed by atoms with Crippen molar-refractivity contribution in [1.29, 1.82) is 0 Å². The minimum atomic E-state index is -0.706. The number of urea groups is 1. The highest BCUT2D eigenvalue weighted by Gasteiger charge is 2.13. The average Bonchev–Trinajstić information content (AvgIpc) is 2.48. The number of carbonyl (C=O) groups excluding carboxylic acids is 2. The van der Waals surface area contributed by atoms with Gasteiger partial charge < -0.3 is 10.1 Å². The monoisotopic (exact) mass is 360 g/mol. The van der Waals surface area contributed by atoms with Crippen LogP contribution in [0.3, 0.4) is 0 Å². The minimum absolute atomic E-state index is 0.0510. The number of hydrogen-bond acceptors (Lipinski definition) is 5. The molecule has 0 saturated heterocycles. The Hall–Kier alpha value is -1.84. The number of carbonyl (C=O) groups is 2. The Morgan fingerprint density at radius 2 is 2.10 bits per heavy atom. The van der Waals surface area contributed by atoms with Crippen LogP contribution < -0.4 is 16.2 Å². The fourth-order valence-electron chi connectivity index (χ4n) is 1.33. The van der Waals surface area contributed by atoms with Gasteiger partial charge in [0.2, 0.25) is 0 Å². The second-order valence-corrected chi connectivity index (χ2v) is 4.72. The molecule has 0 spiro atoms. The summed E-state index contributed by atoms with van der Waals surface area (Å²) in [6.45, 7) is 0.0510. The van der Waals surface area contributed by atoms with Crippen LogP contribution in [-0.4, -0.2) is 38.3 Å². The molecule has 116 valence electrons. The van der Waals surface area contributed by atoms with Gasteiger partial charge in [0, 0.05) is 29.8 Å². The van der Waals surface area contributed by atoms with Crippen molar-refractivity contribution in [3.8, 4) is 0 Å². The Bertz CT molecular complexity index is 512. The van der Waals surface area contributed by atoms with Crippen LogP contribution in [0.5, 0.6) is 0 Å². The Balaban J connectivity index is 2.78. The molecule has 1 rings (SSSR count). The number of hydrogen-bond donors (Lipinski definition) is 3. The molecule has 0 atom stereocenters. The normalized spacial score (nSPS) is 9.90. The zero-order valence-electron chi connectivity index (χ0n) is 11.9. The highest BCUT2D eigenvalue weighted by atomic mass is 79.9. The van der Waals surface area contributed by atoms with E-state index in [1.165, 1.54) is 12.1 Å². The van der Waals surface area contributed by atoms with E-state index in [9.17, 15) is 9.59 Å². The number of hydrazine groups is 1. The number of benzene rings is 1. The topological polar surface area (TPSA) is 91.9 Å². The van der Waals surface area contributed by atoms with Gasteiger partial charge in [-0.1, -0.05) is 22.0 Å². The van der Waals surface area contributed by atoms with Gasteiger partial charge in [-0.05, 0) is 12.1 Å². The molecule has 0 aromatic heterocycles. The van der Waals surface area contributed by atoms with Crippen LogP contribution in [0.1, 0.15) is 5.56 Å². The Morgan fingerprint density at radius 1 is 1.38 bits per heavy atom. The van der Waals surface area contributed by atoms with E-state index in [1.807, 2.05) is 0 Å². The summed E-state index contributed by atoms with van der Waals surface area (Å²) in [5, 5.41) is 4.01. The number of nitrogens with one attached hydrogen (secondary N) is 3. The molecule has 21 heavy (non-hydrogen) atoms. The molecular weight excluding hydrogens is 344 g/mol. The largest absolute Gasteiger partial charge is 0.451 e. The number of ether oxygens (including phenoxy) is 1. The van der Waals surface area contributed by atoms with Crippen molar-refractivity contribution in [3.05, 3.63) is 28.2 Å². The van der Waals surface area contributed by atoms with Crippen LogP contribution in [0, 0.1) is 0 Å². The van der Waals surface area contributed by atoms with Gasteiger partial charge in [0.15, 0.2) is 0 Å². The molecule has 3 amide bonds. The highest BCUT2D eigenvalue weighted by molar-refractivity contribution is 9.10. The number of hydroxylamine groups is 1. The number of anilines is 1. The summed E-state index contributed by atoms with van der Waals surface area (Å²) >= 11 is 3.37. The molecule has 0 heterocycles. The third kappa shape index (κ3) is 5.21. The third-order valence-corrected chi connectivity index (χ3v) is 3.30. The van der Waals surface area contributed by atoms with Crippen molar-refractivity contribution in [2.45, 2.75) is 6.61 Å². The maximum atomic E-state index is 11.8. The third-order valence-electron chi connectivity index (χ3n) is 2.56. The lowest BCUT2D eigenvalue weighted by Crippen LogP contribution is -2.40. The fourth-order valence-corrected chi connectivity index (χ4v) is 1.81. The van der Waals surface area contributed by atoms with E-state index in [2.05, 4.69) is 36.9 Å². The molecule has 0 aliphatic carbocycles. The zero-order chi connectivity index (χ0) is 15.8. The van der Waals surface area contributed by atoms with E-state index in [1.54, 1.807) is 32.3 Å². The van der Waals surface area contributed by atoms with E-state index in [4.69, 9.17) is 4.84 Å². The SMILES string of the molecule is CNN(C)C(=O)Nc1cccc(Br)c1CONC(=O)OC. The molecule has 0 aliphatic heterocycles. The van der Waals surface area contributed by atoms with Crippen molar-refractivity contribution >= 4 is 33.7 Å². The van der Waals surface area contributed by atoms with Gasteiger partial charge in [0.25, 0.3) is 0 Å². The van der Waals surface area contributed by atoms with Crippen molar-refractivity contribution < 1.29 is 19.2 Å². The lowest BCUT2D eigenvalue weighted by Gasteiger charge is -2.18. The summed E-state index contributed by atoms with van der Waals surface area (Å²) in [7, 11) is 4.45. The Kier molecular flexibility index (Phi) is 6.92. The first kappa shape index (κ1) is 17.2. The predicted octanol–water partition coefficient (Wildman–Crippen LogP) is 1.83. The quantitative estimate of drug-likeness (QED) is 0.696. The second kappa shape index (κ2) is 8.45. The van der Waals surface area contributed by atoms with E-state index < -0.39 is 6.09 Å². The summed E-state index contributed by atoms with van der Waals surface area (Å²) in [4.78, 5) is 27.8. The van der Waals surface area contributed by atoms with Gasteiger partial charge in [-0.15, -0.1) is 0 Å². The van der Waals surface area contributed by atoms with Crippen molar-refractivity contribution in [2.24, 2.45) is 0 Å². The number of nitrogens with zero attached hydrogens (tertiary/aromatic N) is 1. The molecule has 0 aliphatic rings. The second-order valence-electron chi connectivity index (χ2n) is 3.86. The van der Waals surface area contributed by atoms with E-state index in [0.29, 0.717) is 11.3 Å². The lowest BCUT2D eigenvalue weighted by atomic mass is 10.2. The first-order chi connectivity index (χ1) is 9.99. The molecule has 0 unspecified atom stereocenters. The molecular formula is C12H17BrN4O4. The van der Waals surface area contributed by atoms with Gasteiger partial charge in [-0.2, -0.15) is 5.48 Å². The molecule has 1 aromatic carbocycles. The van der Waals surface area contributed by atoms with Crippen LogP contribution in [0.25, 0.3) is 0 Å². The molecule has 1 aromatic rings. The smallest absolute Gasteiger partial charge is 0.431 e. The Labute approximate surface area is 130 Å². The van der Waals surface area contributed by atoms with Crippen LogP contribution in [0.2, 0.25) is 0 Å². The first-order valence-corrected chi connectivity index (χ1v) is 6.74. The maximum absolute atomic E-state index is 11.8. The van der Waals surface area contributed by atoms with Crippen molar-refractivity contribution in [3.63, 3.8) is 0 Å². The number of rotatable bonds is 5. The molecule has 0 radical (unpaired) electrons. The average molecular weight is 361 g/mol. The number of halogens is 1. The lowest BCUT2D eigenvalue weighted by molar-refractivity contribution is 0.0250. The molecule has 0 bridgehead atoms. The minimum Gasteiger partial charge on any atom is -0.451 e. The van der Waals surface area contributed by atoms with Gasteiger partial charge in [0.1, 0.15) is 6.61 Å². The van der Waals surface area contributed by atoms with Crippen LogP contribution >= 0.6 is 15.9 Å². The zero-order valence-corrected chi connectivity index (χ0v) is 13.5. The maximum Gasteiger partial charge on any atom is 0.431 e.